The Labute approximate surface area is 103 Å². The van der Waals surface area contributed by atoms with Crippen LogP contribution in [0, 0.1) is 0 Å². The van der Waals surface area contributed by atoms with Crippen LogP contribution in [-0.2, 0) is 4.79 Å². The van der Waals surface area contributed by atoms with Gasteiger partial charge in [-0.25, -0.2) is 5.01 Å². The summed E-state index contributed by atoms with van der Waals surface area (Å²) in [6.45, 7) is 0. The number of para-hydroxylation sites is 1. The Bertz CT molecular complexity index is 464. The van der Waals surface area contributed by atoms with E-state index in [4.69, 9.17) is 23.2 Å². The molecule has 0 spiro atoms. The smallest absolute Gasteiger partial charge is 0.253 e. The molecule has 0 saturated carbocycles. The number of nitrogens with zero attached hydrogens (tertiary/aromatic N) is 2. The summed E-state index contributed by atoms with van der Waals surface area (Å²) in [4.78, 5) is 11.7. The molecule has 0 unspecified atom stereocenters. The fraction of sp³-hybridized carbons (Fsp3) is 0.0909. The van der Waals surface area contributed by atoms with Crippen molar-refractivity contribution in [3.8, 4) is 0 Å². The average molecular weight is 255 g/mol. The molecule has 3 nitrogen and oxygen atoms in total. The molecule has 0 fully saturated rings. The summed E-state index contributed by atoms with van der Waals surface area (Å²) >= 11 is 11.0. The molecule has 0 bridgehead atoms. The number of benzene rings is 1. The summed E-state index contributed by atoms with van der Waals surface area (Å²) in [7, 11) is 0. The maximum absolute atomic E-state index is 11.7. The van der Waals surface area contributed by atoms with E-state index in [1.54, 1.807) is 0 Å². The van der Waals surface area contributed by atoms with Crippen LogP contribution < -0.4 is 5.01 Å². The molecule has 0 aromatic heterocycles. The normalized spacial score (nSPS) is 15.0. The standard InChI is InChI=1S/C11H8Cl2N2O/c12-10(13)6-8-7-11(16)15(14-8)9-4-2-1-3-5-9/h1-6H,7H2. The Hall–Kier alpha value is -1.32. The lowest BCUT2D eigenvalue weighted by atomic mass is 10.2. The van der Waals surface area contributed by atoms with E-state index >= 15 is 0 Å². The highest BCUT2D eigenvalue weighted by Crippen LogP contribution is 2.21. The minimum Gasteiger partial charge on any atom is -0.272 e. The highest BCUT2D eigenvalue weighted by molar-refractivity contribution is 6.57. The van der Waals surface area contributed by atoms with E-state index in [0.717, 1.165) is 5.69 Å². The fourth-order valence-electron chi connectivity index (χ4n) is 1.43. The van der Waals surface area contributed by atoms with Crippen molar-refractivity contribution in [3.63, 3.8) is 0 Å². The molecule has 16 heavy (non-hydrogen) atoms. The van der Waals surface area contributed by atoms with Gasteiger partial charge in [-0.3, -0.25) is 4.79 Å². The molecular weight excluding hydrogens is 247 g/mol. The van der Waals surface area contributed by atoms with E-state index in [1.807, 2.05) is 30.3 Å². The molecule has 82 valence electrons. The number of carbonyl (C=O) groups excluding carboxylic acids is 1. The van der Waals surface area contributed by atoms with Crippen LogP contribution in [-0.4, -0.2) is 11.6 Å². The van der Waals surface area contributed by atoms with Crippen molar-refractivity contribution < 1.29 is 4.79 Å². The van der Waals surface area contributed by atoms with Crippen LogP contribution in [0.3, 0.4) is 0 Å². The second kappa shape index (κ2) is 4.68. The summed E-state index contributed by atoms with van der Waals surface area (Å²) in [5, 5.41) is 5.48. The third-order valence-corrected chi connectivity index (χ3v) is 2.29. The molecule has 0 atom stereocenters. The van der Waals surface area contributed by atoms with Gasteiger partial charge in [0, 0.05) is 0 Å². The molecule has 0 aliphatic carbocycles. The van der Waals surface area contributed by atoms with Gasteiger partial charge in [0.2, 0.25) is 0 Å². The molecule has 1 aliphatic rings. The Morgan fingerprint density at radius 2 is 2.00 bits per heavy atom. The maximum Gasteiger partial charge on any atom is 0.253 e. The summed E-state index contributed by atoms with van der Waals surface area (Å²) < 4.78 is 0.0986. The molecule has 5 heteroatoms. The van der Waals surface area contributed by atoms with E-state index in [-0.39, 0.29) is 16.8 Å². The van der Waals surface area contributed by atoms with Gasteiger partial charge in [0.15, 0.2) is 0 Å². The van der Waals surface area contributed by atoms with E-state index in [1.165, 1.54) is 11.1 Å². The molecule has 0 saturated heterocycles. The van der Waals surface area contributed by atoms with Crippen LogP contribution in [0.5, 0.6) is 0 Å². The van der Waals surface area contributed by atoms with Crippen LogP contribution in [0.25, 0.3) is 0 Å². The molecule has 1 aromatic carbocycles. The molecule has 1 aromatic rings. The van der Waals surface area contributed by atoms with E-state index in [9.17, 15) is 4.79 Å². The average Bonchev–Trinajstić information content (AvgIpc) is 2.60. The first-order valence-electron chi connectivity index (χ1n) is 4.65. The summed E-state index contributed by atoms with van der Waals surface area (Å²) in [5.74, 6) is -0.0907. The fourth-order valence-corrected chi connectivity index (χ4v) is 1.68. The predicted molar refractivity (Wildman–Crippen MR) is 65.8 cm³/mol. The van der Waals surface area contributed by atoms with Crippen LogP contribution in [0.4, 0.5) is 5.69 Å². The molecule has 1 amide bonds. The number of carbonyl (C=O) groups is 1. The van der Waals surface area contributed by atoms with Crippen LogP contribution in [0.15, 0.2) is 46.0 Å². The number of hydrogen-bond donors (Lipinski definition) is 0. The Morgan fingerprint density at radius 1 is 1.31 bits per heavy atom. The Kier molecular flexibility index (Phi) is 3.27. The first-order valence-corrected chi connectivity index (χ1v) is 5.40. The van der Waals surface area contributed by atoms with Gasteiger partial charge in [0.1, 0.15) is 4.49 Å². The van der Waals surface area contributed by atoms with E-state index in [2.05, 4.69) is 5.10 Å². The summed E-state index contributed by atoms with van der Waals surface area (Å²) in [6.07, 6.45) is 1.70. The minimum atomic E-state index is -0.0907. The second-order valence-electron chi connectivity index (χ2n) is 3.24. The van der Waals surface area contributed by atoms with Gasteiger partial charge in [0.05, 0.1) is 17.8 Å². The van der Waals surface area contributed by atoms with Gasteiger partial charge in [-0.1, -0.05) is 41.4 Å². The first-order chi connectivity index (χ1) is 7.66. The lowest BCUT2D eigenvalue weighted by molar-refractivity contribution is -0.116. The third kappa shape index (κ3) is 2.43. The largest absolute Gasteiger partial charge is 0.272 e. The van der Waals surface area contributed by atoms with Crippen LogP contribution >= 0.6 is 23.2 Å². The Morgan fingerprint density at radius 3 is 2.62 bits per heavy atom. The first kappa shape index (κ1) is 11.2. The van der Waals surface area contributed by atoms with Crippen molar-refractivity contribution in [1.82, 2.24) is 0 Å². The van der Waals surface area contributed by atoms with Crippen molar-refractivity contribution in [2.75, 3.05) is 5.01 Å². The summed E-state index contributed by atoms with van der Waals surface area (Å²) in [5.41, 5.74) is 1.30. The van der Waals surface area contributed by atoms with Crippen molar-refractivity contribution in [2.24, 2.45) is 5.10 Å². The van der Waals surface area contributed by atoms with Gasteiger partial charge >= 0.3 is 0 Å². The van der Waals surface area contributed by atoms with Crippen molar-refractivity contribution in [1.29, 1.82) is 0 Å². The molecular formula is C11H8Cl2N2O. The summed E-state index contributed by atoms with van der Waals surface area (Å²) in [6, 6.07) is 9.21. The molecule has 0 N–H and O–H groups in total. The highest BCUT2D eigenvalue weighted by atomic mass is 35.5. The molecule has 1 heterocycles. The third-order valence-electron chi connectivity index (χ3n) is 2.07. The van der Waals surface area contributed by atoms with E-state index < -0.39 is 0 Å². The number of halogens is 2. The molecule has 2 rings (SSSR count). The zero-order valence-electron chi connectivity index (χ0n) is 8.23. The topological polar surface area (TPSA) is 32.7 Å². The van der Waals surface area contributed by atoms with Gasteiger partial charge in [-0.15, -0.1) is 0 Å². The maximum atomic E-state index is 11.7. The number of hydrazone groups is 1. The number of anilines is 1. The monoisotopic (exact) mass is 254 g/mol. The zero-order valence-corrected chi connectivity index (χ0v) is 9.74. The number of hydrogen-bond acceptors (Lipinski definition) is 2. The number of amides is 1. The predicted octanol–water partition coefficient (Wildman–Crippen LogP) is 3.10. The van der Waals surface area contributed by atoms with Gasteiger partial charge in [0.25, 0.3) is 5.91 Å². The lowest BCUT2D eigenvalue weighted by Gasteiger charge is -2.10. The Balaban J connectivity index is 2.27. The SMILES string of the molecule is O=C1CC(C=C(Cl)Cl)=NN1c1ccccc1. The van der Waals surface area contributed by atoms with Crippen LogP contribution in [0.2, 0.25) is 0 Å². The highest BCUT2D eigenvalue weighted by Gasteiger charge is 2.23. The zero-order chi connectivity index (χ0) is 11.5. The van der Waals surface area contributed by atoms with Gasteiger partial charge < -0.3 is 0 Å². The number of rotatable bonds is 2. The lowest BCUT2D eigenvalue weighted by Crippen LogP contribution is -2.19. The minimum absolute atomic E-state index is 0.0907. The second-order valence-corrected chi connectivity index (χ2v) is 4.25. The van der Waals surface area contributed by atoms with Crippen LogP contribution in [0.1, 0.15) is 6.42 Å². The van der Waals surface area contributed by atoms with E-state index in [0.29, 0.717) is 5.71 Å². The number of allylic oxidation sites excluding steroid dienone is 1. The van der Waals surface area contributed by atoms with Crippen molar-refractivity contribution in [2.45, 2.75) is 6.42 Å². The van der Waals surface area contributed by atoms with Crippen molar-refractivity contribution >= 4 is 40.5 Å². The molecule has 0 radical (unpaired) electrons. The van der Waals surface area contributed by atoms with Crippen molar-refractivity contribution in [3.05, 3.63) is 40.9 Å². The quantitative estimate of drug-likeness (QED) is 0.799. The van der Waals surface area contributed by atoms with Gasteiger partial charge in [-0.05, 0) is 18.2 Å². The molecule has 1 aliphatic heterocycles. The van der Waals surface area contributed by atoms with Gasteiger partial charge in [-0.2, -0.15) is 5.10 Å².